The molecule has 1 amide bonds. The summed E-state index contributed by atoms with van der Waals surface area (Å²) in [5.74, 6) is 1.54. The van der Waals surface area contributed by atoms with Crippen molar-refractivity contribution in [2.75, 3.05) is 17.7 Å². The summed E-state index contributed by atoms with van der Waals surface area (Å²) in [6, 6.07) is 7.18. The normalized spacial score (nSPS) is 10.6. The van der Waals surface area contributed by atoms with Crippen molar-refractivity contribution in [3.8, 4) is 5.75 Å². The van der Waals surface area contributed by atoms with Gasteiger partial charge < -0.3 is 4.74 Å². The lowest BCUT2D eigenvalue weighted by molar-refractivity contribution is 0.102. The first kappa shape index (κ1) is 18.7. The molecule has 0 saturated heterocycles. The number of carbonyl (C=O) groups excluding carboxylic acids is 1. The molecule has 0 aliphatic heterocycles. The Balaban J connectivity index is 1.81. The number of unbranched alkanes of at least 4 members (excludes halogenated alkanes) is 3. The lowest BCUT2D eigenvalue weighted by Gasteiger charge is -2.07. The fraction of sp³-hybridized carbons (Fsp3) is 0.471. The SMILES string of the molecule is CCCCCCOc1ccc(C(=O)Nc2nnc(SCC)s2)cc1. The van der Waals surface area contributed by atoms with Crippen molar-refractivity contribution in [1.82, 2.24) is 10.2 Å². The molecule has 2 rings (SSSR count). The third kappa shape index (κ3) is 6.13. The minimum absolute atomic E-state index is 0.186. The van der Waals surface area contributed by atoms with Crippen LogP contribution >= 0.6 is 23.1 Å². The molecule has 0 aliphatic carbocycles. The zero-order valence-corrected chi connectivity index (χ0v) is 15.7. The van der Waals surface area contributed by atoms with E-state index in [2.05, 4.69) is 29.4 Å². The second-order valence-corrected chi connectivity index (χ2v) is 7.68. The first-order valence-corrected chi connectivity index (χ1v) is 10.0. The third-order valence-electron chi connectivity index (χ3n) is 3.28. The lowest BCUT2D eigenvalue weighted by Crippen LogP contribution is -2.11. The van der Waals surface area contributed by atoms with Gasteiger partial charge in [0.25, 0.3) is 5.91 Å². The van der Waals surface area contributed by atoms with Gasteiger partial charge in [0.1, 0.15) is 5.75 Å². The van der Waals surface area contributed by atoms with E-state index in [0.29, 0.717) is 17.3 Å². The maximum absolute atomic E-state index is 12.2. The summed E-state index contributed by atoms with van der Waals surface area (Å²) in [6.45, 7) is 4.96. The fourth-order valence-electron chi connectivity index (χ4n) is 2.03. The molecular formula is C17H23N3O2S2. The molecule has 24 heavy (non-hydrogen) atoms. The fourth-order valence-corrected chi connectivity index (χ4v) is 3.68. The number of benzene rings is 1. The quantitative estimate of drug-likeness (QED) is 0.370. The average molecular weight is 366 g/mol. The topological polar surface area (TPSA) is 64.1 Å². The van der Waals surface area contributed by atoms with Crippen LogP contribution in [-0.4, -0.2) is 28.5 Å². The smallest absolute Gasteiger partial charge is 0.257 e. The van der Waals surface area contributed by atoms with Crippen LogP contribution in [-0.2, 0) is 0 Å². The number of amides is 1. The molecule has 1 aromatic heterocycles. The molecule has 1 aromatic carbocycles. The largest absolute Gasteiger partial charge is 0.494 e. The van der Waals surface area contributed by atoms with E-state index in [1.54, 1.807) is 23.9 Å². The highest BCUT2D eigenvalue weighted by atomic mass is 32.2. The second-order valence-electron chi connectivity index (χ2n) is 5.19. The Morgan fingerprint density at radius 2 is 1.96 bits per heavy atom. The van der Waals surface area contributed by atoms with Crippen molar-refractivity contribution in [1.29, 1.82) is 0 Å². The van der Waals surface area contributed by atoms with Crippen LogP contribution < -0.4 is 10.1 Å². The number of anilines is 1. The summed E-state index contributed by atoms with van der Waals surface area (Å²) in [4.78, 5) is 12.2. The molecule has 0 saturated carbocycles. The first-order chi connectivity index (χ1) is 11.7. The number of hydrogen-bond donors (Lipinski definition) is 1. The van der Waals surface area contributed by atoms with E-state index >= 15 is 0 Å². The van der Waals surface area contributed by atoms with Crippen LogP contribution in [0.4, 0.5) is 5.13 Å². The molecule has 0 radical (unpaired) electrons. The molecule has 2 aromatic rings. The Kier molecular flexibility index (Phi) is 8.04. The number of rotatable bonds is 10. The third-order valence-corrected chi connectivity index (χ3v) is 5.13. The number of thioether (sulfide) groups is 1. The van der Waals surface area contributed by atoms with Crippen LogP contribution in [0.3, 0.4) is 0 Å². The molecule has 0 fully saturated rings. The Morgan fingerprint density at radius 3 is 2.67 bits per heavy atom. The molecule has 0 bridgehead atoms. The minimum atomic E-state index is -0.186. The van der Waals surface area contributed by atoms with Gasteiger partial charge in [-0.15, -0.1) is 10.2 Å². The van der Waals surface area contributed by atoms with Crippen molar-refractivity contribution >= 4 is 34.1 Å². The molecule has 0 unspecified atom stereocenters. The zero-order chi connectivity index (χ0) is 17.2. The van der Waals surface area contributed by atoms with Gasteiger partial charge in [-0.2, -0.15) is 0 Å². The van der Waals surface area contributed by atoms with E-state index in [1.807, 2.05) is 12.1 Å². The summed E-state index contributed by atoms with van der Waals surface area (Å²) < 4.78 is 6.54. The van der Waals surface area contributed by atoms with E-state index < -0.39 is 0 Å². The van der Waals surface area contributed by atoms with Gasteiger partial charge in [0.15, 0.2) is 4.34 Å². The van der Waals surface area contributed by atoms with E-state index in [-0.39, 0.29) is 5.91 Å². The predicted octanol–water partition coefficient (Wildman–Crippen LogP) is 4.86. The van der Waals surface area contributed by atoms with Gasteiger partial charge in [0.05, 0.1) is 6.61 Å². The van der Waals surface area contributed by atoms with Crippen molar-refractivity contribution in [3.05, 3.63) is 29.8 Å². The average Bonchev–Trinajstić information content (AvgIpc) is 3.02. The Labute approximate surface area is 151 Å². The Hall–Kier alpha value is -1.60. The summed E-state index contributed by atoms with van der Waals surface area (Å²) >= 11 is 3.00. The van der Waals surface area contributed by atoms with Gasteiger partial charge in [0, 0.05) is 5.56 Å². The molecule has 0 atom stereocenters. The number of hydrogen-bond acceptors (Lipinski definition) is 6. The van der Waals surface area contributed by atoms with Gasteiger partial charge in [-0.25, -0.2) is 0 Å². The van der Waals surface area contributed by atoms with Gasteiger partial charge in [-0.3, -0.25) is 10.1 Å². The monoisotopic (exact) mass is 365 g/mol. The Morgan fingerprint density at radius 1 is 1.17 bits per heavy atom. The molecule has 0 spiro atoms. The number of carbonyl (C=O) groups is 1. The number of nitrogens with one attached hydrogen (secondary N) is 1. The highest BCUT2D eigenvalue weighted by Gasteiger charge is 2.10. The van der Waals surface area contributed by atoms with E-state index in [4.69, 9.17) is 4.74 Å². The summed E-state index contributed by atoms with van der Waals surface area (Å²) in [5, 5.41) is 11.3. The maximum Gasteiger partial charge on any atom is 0.257 e. The van der Waals surface area contributed by atoms with Gasteiger partial charge >= 0.3 is 0 Å². The lowest BCUT2D eigenvalue weighted by atomic mass is 10.2. The molecule has 130 valence electrons. The van der Waals surface area contributed by atoms with Crippen molar-refractivity contribution in [2.24, 2.45) is 0 Å². The standard InChI is InChI=1S/C17H23N3O2S2/c1-3-5-6-7-12-22-14-10-8-13(9-11-14)15(21)18-16-19-20-17(24-16)23-4-2/h8-11H,3-7,12H2,1-2H3,(H,18,19,21). The Bertz CT molecular complexity index is 629. The molecule has 7 heteroatoms. The predicted molar refractivity (Wildman–Crippen MR) is 100 cm³/mol. The van der Waals surface area contributed by atoms with Crippen LogP contribution in [0.25, 0.3) is 0 Å². The zero-order valence-electron chi connectivity index (χ0n) is 14.1. The highest BCUT2D eigenvalue weighted by molar-refractivity contribution is 8.01. The van der Waals surface area contributed by atoms with Crippen LogP contribution in [0, 0.1) is 0 Å². The molecule has 1 heterocycles. The molecule has 5 nitrogen and oxygen atoms in total. The summed E-state index contributed by atoms with van der Waals surface area (Å²) in [7, 11) is 0. The van der Waals surface area contributed by atoms with Crippen LogP contribution in [0.5, 0.6) is 5.75 Å². The molecule has 1 N–H and O–H groups in total. The molecular weight excluding hydrogens is 342 g/mol. The van der Waals surface area contributed by atoms with Crippen LogP contribution in [0.15, 0.2) is 28.6 Å². The van der Waals surface area contributed by atoms with Gasteiger partial charge in [-0.05, 0) is 36.4 Å². The number of nitrogens with zero attached hydrogens (tertiary/aromatic N) is 2. The first-order valence-electron chi connectivity index (χ1n) is 8.23. The highest BCUT2D eigenvalue weighted by Crippen LogP contribution is 2.25. The minimum Gasteiger partial charge on any atom is -0.494 e. The van der Waals surface area contributed by atoms with Crippen molar-refractivity contribution in [2.45, 2.75) is 43.9 Å². The van der Waals surface area contributed by atoms with E-state index in [1.165, 1.54) is 30.6 Å². The summed E-state index contributed by atoms with van der Waals surface area (Å²) in [6.07, 6.45) is 4.71. The van der Waals surface area contributed by atoms with E-state index in [9.17, 15) is 4.79 Å². The van der Waals surface area contributed by atoms with Crippen LogP contribution in [0.1, 0.15) is 49.9 Å². The van der Waals surface area contributed by atoms with Gasteiger partial charge in [0.2, 0.25) is 5.13 Å². The van der Waals surface area contributed by atoms with Crippen molar-refractivity contribution in [3.63, 3.8) is 0 Å². The van der Waals surface area contributed by atoms with Crippen molar-refractivity contribution < 1.29 is 9.53 Å². The number of aromatic nitrogens is 2. The maximum atomic E-state index is 12.2. The van der Waals surface area contributed by atoms with Gasteiger partial charge in [-0.1, -0.05) is 56.2 Å². The summed E-state index contributed by atoms with van der Waals surface area (Å²) in [5.41, 5.74) is 0.577. The second kappa shape index (κ2) is 10.3. The van der Waals surface area contributed by atoms with Crippen LogP contribution in [0.2, 0.25) is 0 Å². The van der Waals surface area contributed by atoms with E-state index in [0.717, 1.165) is 22.3 Å². The molecule has 0 aliphatic rings. The number of ether oxygens (including phenoxy) is 1.